The van der Waals surface area contributed by atoms with Gasteiger partial charge in [0.15, 0.2) is 0 Å². The Bertz CT molecular complexity index is 723. The van der Waals surface area contributed by atoms with Crippen LogP contribution in [-0.4, -0.2) is 44.6 Å². The maximum absolute atomic E-state index is 10.2. The minimum atomic E-state index is -0.879. The molecule has 0 aliphatic carbocycles. The van der Waals surface area contributed by atoms with Crippen LogP contribution >= 0.6 is 0 Å². The molecule has 2 aromatic rings. The zero-order chi connectivity index (χ0) is 26.5. The molecule has 0 fully saturated rings. The highest BCUT2D eigenvalue weighted by Crippen LogP contribution is 2.21. The van der Waals surface area contributed by atoms with E-state index in [0.29, 0.717) is 17.5 Å². The third-order valence-corrected chi connectivity index (χ3v) is 5.51. The molecule has 0 spiro atoms. The molecule has 196 valence electrons. The topological polar surface area (TPSA) is 115 Å². The van der Waals surface area contributed by atoms with E-state index in [9.17, 15) is 19.8 Å². The van der Waals surface area contributed by atoms with Crippen molar-refractivity contribution in [1.82, 2.24) is 0 Å². The van der Waals surface area contributed by atoms with E-state index >= 15 is 0 Å². The number of hydrogen-bond donors (Lipinski definition) is 4. The summed E-state index contributed by atoms with van der Waals surface area (Å²) in [5.41, 5.74) is 0.662. The first kappa shape index (κ1) is 32.3. The van der Waals surface area contributed by atoms with Crippen LogP contribution < -0.4 is 0 Å². The minimum Gasteiger partial charge on any atom is -0.478 e. The van der Waals surface area contributed by atoms with Crippen LogP contribution in [0.1, 0.15) is 99.3 Å². The van der Waals surface area contributed by atoms with E-state index in [4.69, 9.17) is 10.2 Å². The second-order valence-electron chi connectivity index (χ2n) is 8.70. The molecule has 6 nitrogen and oxygen atoms in total. The van der Waals surface area contributed by atoms with Crippen molar-refractivity contribution in [2.45, 2.75) is 90.8 Å². The van der Waals surface area contributed by atoms with E-state index in [-0.39, 0.29) is 12.2 Å². The Hall–Kier alpha value is -2.70. The van der Waals surface area contributed by atoms with Crippen LogP contribution in [0.15, 0.2) is 60.7 Å². The fraction of sp³-hybridized carbons (Fsp3) is 0.517. The van der Waals surface area contributed by atoms with Crippen molar-refractivity contribution in [2.24, 2.45) is 5.92 Å². The SMILES string of the molecule is CCCC(O)CC(O)CCC(CCC)CCC.O=C(O)c1ccccc1.O=C(O)c1ccccc1. The number of aliphatic hydroxyl groups excluding tert-OH is 2. The minimum absolute atomic E-state index is 0.312. The zero-order valence-electron chi connectivity index (χ0n) is 21.5. The molecular weight excluding hydrogens is 444 g/mol. The lowest BCUT2D eigenvalue weighted by Crippen LogP contribution is -2.18. The molecule has 2 aromatic carbocycles. The summed E-state index contributed by atoms with van der Waals surface area (Å²) >= 11 is 0. The third kappa shape index (κ3) is 17.4. The summed E-state index contributed by atoms with van der Waals surface area (Å²) in [6.45, 7) is 6.52. The van der Waals surface area contributed by atoms with Gasteiger partial charge in [0.2, 0.25) is 0 Å². The molecule has 2 unspecified atom stereocenters. The standard InChI is InChI=1S/C15H32O2.2C7H6O2/c1-4-7-13(8-5-2)10-11-15(17)12-14(16)9-6-3;2*8-7(9)6-4-2-1-3-5-6/h13-17H,4-12H2,1-3H3;2*1-5H,(H,8,9). The van der Waals surface area contributed by atoms with Crippen molar-refractivity contribution in [2.75, 3.05) is 0 Å². The van der Waals surface area contributed by atoms with Gasteiger partial charge < -0.3 is 20.4 Å². The zero-order valence-corrected chi connectivity index (χ0v) is 21.5. The van der Waals surface area contributed by atoms with Gasteiger partial charge in [0, 0.05) is 0 Å². The molecule has 0 saturated carbocycles. The van der Waals surface area contributed by atoms with Gasteiger partial charge in [0.25, 0.3) is 0 Å². The summed E-state index contributed by atoms with van der Waals surface area (Å²) in [4.78, 5) is 20.4. The molecule has 4 N–H and O–H groups in total. The smallest absolute Gasteiger partial charge is 0.335 e. The number of hydrogen-bond acceptors (Lipinski definition) is 4. The fourth-order valence-electron chi connectivity index (χ4n) is 3.72. The maximum Gasteiger partial charge on any atom is 0.335 e. The first-order chi connectivity index (χ1) is 16.7. The number of carbonyl (C=O) groups is 2. The largest absolute Gasteiger partial charge is 0.478 e. The summed E-state index contributed by atoms with van der Waals surface area (Å²) < 4.78 is 0. The molecule has 6 heteroatoms. The number of aromatic carboxylic acids is 2. The predicted octanol–water partition coefficient (Wildman–Crippen LogP) is 6.66. The average molecular weight is 489 g/mol. The van der Waals surface area contributed by atoms with Crippen LogP contribution in [0.2, 0.25) is 0 Å². The highest BCUT2D eigenvalue weighted by Gasteiger charge is 2.14. The van der Waals surface area contributed by atoms with Gasteiger partial charge in [-0.15, -0.1) is 0 Å². The predicted molar refractivity (Wildman–Crippen MR) is 141 cm³/mol. The summed E-state index contributed by atoms with van der Waals surface area (Å²) in [5, 5.41) is 36.3. The van der Waals surface area contributed by atoms with Crippen molar-refractivity contribution in [3.05, 3.63) is 71.8 Å². The van der Waals surface area contributed by atoms with Gasteiger partial charge in [-0.2, -0.15) is 0 Å². The van der Waals surface area contributed by atoms with Crippen LogP contribution in [-0.2, 0) is 0 Å². The molecule has 0 saturated heterocycles. The van der Waals surface area contributed by atoms with E-state index in [2.05, 4.69) is 20.8 Å². The lowest BCUT2D eigenvalue weighted by atomic mass is 9.91. The number of carboxylic acids is 2. The monoisotopic (exact) mass is 488 g/mol. The molecule has 0 amide bonds. The third-order valence-electron chi connectivity index (χ3n) is 5.51. The van der Waals surface area contributed by atoms with Crippen LogP contribution in [0, 0.1) is 5.92 Å². The summed E-state index contributed by atoms with van der Waals surface area (Å²) in [7, 11) is 0. The molecule has 0 aromatic heterocycles. The van der Waals surface area contributed by atoms with Gasteiger partial charge in [0.05, 0.1) is 23.3 Å². The normalized spacial score (nSPS) is 11.9. The van der Waals surface area contributed by atoms with E-state index in [0.717, 1.165) is 31.6 Å². The first-order valence-electron chi connectivity index (χ1n) is 12.7. The van der Waals surface area contributed by atoms with E-state index in [1.165, 1.54) is 25.7 Å². The van der Waals surface area contributed by atoms with Crippen molar-refractivity contribution >= 4 is 11.9 Å². The van der Waals surface area contributed by atoms with E-state index in [1.54, 1.807) is 60.7 Å². The van der Waals surface area contributed by atoms with E-state index in [1.807, 2.05) is 0 Å². The molecule has 0 aliphatic heterocycles. The Morgan fingerprint density at radius 2 is 0.971 bits per heavy atom. The van der Waals surface area contributed by atoms with Gasteiger partial charge in [-0.3, -0.25) is 0 Å². The van der Waals surface area contributed by atoms with Crippen LogP contribution in [0.4, 0.5) is 0 Å². The summed E-state index contributed by atoms with van der Waals surface area (Å²) in [6, 6.07) is 16.6. The molecular formula is C29H44O6. The van der Waals surface area contributed by atoms with E-state index < -0.39 is 11.9 Å². The highest BCUT2D eigenvalue weighted by molar-refractivity contribution is 5.87. The lowest BCUT2D eigenvalue weighted by molar-refractivity contribution is 0.0659. The van der Waals surface area contributed by atoms with Crippen LogP contribution in [0.5, 0.6) is 0 Å². The molecule has 35 heavy (non-hydrogen) atoms. The molecule has 0 bridgehead atoms. The lowest BCUT2D eigenvalue weighted by Gasteiger charge is -2.19. The fourth-order valence-corrected chi connectivity index (χ4v) is 3.72. The molecule has 2 atom stereocenters. The Kier molecular flexibility index (Phi) is 19.1. The quantitative estimate of drug-likeness (QED) is 0.250. The van der Waals surface area contributed by atoms with Crippen LogP contribution in [0.25, 0.3) is 0 Å². The second kappa shape index (κ2) is 20.7. The summed E-state index contributed by atoms with van der Waals surface area (Å²) in [5.74, 6) is -0.992. The van der Waals surface area contributed by atoms with Gasteiger partial charge in [-0.1, -0.05) is 89.3 Å². The highest BCUT2D eigenvalue weighted by atomic mass is 16.4. The van der Waals surface area contributed by atoms with Crippen molar-refractivity contribution in [3.63, 3.8) is 0 Å². The van der Waals surface area contributed by atoms with Crippen LogP contribution in [0.3, 0.4) is 0 Å². The molecule has 0 aliphatic rings. The first-order valence-corrected chi connectivity index (χ1v) is 12.7. The maximum atomic E-state index is 10.2. The number of rotatable bonds is 13. The van der Waals surface area contributed by atoms with Crippen molar-refractivity contribution in [3.8, 4) is 0 Å². The van der Waals surface area contributed by atoms with Gasteiger partial charge >= 0.3 is 11.9 Å². The Morgan fingerprint density at radius 1 is 0.600 bits per heavy atom. The molecule has 0 radical (unpaired) electrons. The van der Waals surface area contributed by atoms with Gasteiger partial charge in [-0.05, 0) is 55.9 Å². The summed E-state index contributed by atoms with van der Waals surface area (Å²) in [6.07, 6.45) is 8.71. The second-order valence-corrected chi connectivity index (χ2v) is 8.70. The van der Waals surface area contributed by atoms with Gasteiger partial charge in [0.1, 0.15) is 0 Å². The van der Waals surface area contributed by atoms with Gasteiger partial charge in [-0.25, -0.2) is 9.59 Å². The van der Waals surface area contributed by atoms with Crippen molar-refractivity contribution < 1.29 is 30.0 Å². The number of carboxylic acid groups (broad SMARTS) is 2. The molecule has 0 heterocycles. The Labute approximate surface area is 210 Å². The number of aliphatic hydroxyl groups is 2. The molecule has 2 rings (SSSR count). The average Bonchev–Trinajstić information content (AvgIpc) is 2.85. The Morgan fingerprint density at radius 3 is 1.29 bits per heavy atom. The Balaban J connectivity index is 0.000000538. The van der Waals surface area contributed by atoms with Crippen molar-refractivity contribution in [1.29, 1.82) is 0 Å². The number of benzene rings is 2.